The van der Waals surface area contributed by atoms with E-state index in [1.807, 2.05) is 19.9 Å². The van der Waals surface area contributed by atoms with Gasteiger partial charge in [-0.3, -0.25) is 19.3 Å². The molecule has 3 rings (SSSR count). The Morgan fingerprint density at radius 2 is 1.86 bits per heavy atom. The highest BCUT2D eigenvalue weighted by Gasteiger charge is 2.25. The Balaban J connectivity index is 1.56. The number of benzene rings is 1. The molecule has 2 aliphatic heterocycles. The molecule has 0 bridgehead atoms. The molecule has 0 spiro atoms. The molecule has 2 aliphatic rings. The van der Waals surface area contributed by atoms with Crippen LogP contribution in [-0.4, -0.2) is 68.6 Å². The van der Waals surface area contributed by atoms with Gasteiger partial charge >= 0.3 is 11.8 Å². The Morgan fingerprint density at radius 1 is 1.10 bits per heavy atom. The summed E-state index contributed by atoms with van der Waals surface area (Å²) >= 11 is 0. The van der Waals surface area contributed by atoms with E-state index in [0.717, 1.165) is 37.2 Å². The summed E-state index contributed by atoms with van der Waals surface area (Å²) in [5, 5.41) is 5.30. The number of rotatable bonds is 5. The van der Waals surface area contributed by atoms with Gasteiger partial charge in [-0.05, 0) is 30.5 Å². The molecule has 0 aromatic heterocycles. The second kappa shape index (κ2) is 9.84. The number of aryl methyl sites for hydroxylation is 1. The highest BCUT2D eigenvalue weighted by molar-refractivity contribution is 6.39. The van der Waals surface area contributed by atoms with Crippen molar-refractivity contribution in [3.05, 3.63) is 23.8 Å². The molecule has 3 amide bonds. The van der Waals surface area contributed by atoms with Crippen LogP contribution in [0.15, 0.2) is 18.2 Å². The summed E-state index contributed by atoms with van der Waals surface area (Å²) < 4.78 is 5.29. The van der Waals surface area contributed by atoms with Crippen molar-refractivity contribution in [2.24, 2.45) is 5.92 Å². The quantitative estimate of drug-likeness (QED) is 0.718. The zero-order valence-electron chi connectivity index (χ0n) is 17.2. The van der Waals surface area contributed by atoms with Crippen LogP contribution >= 0.6 is 0 Å². The molecule has 1 aromatic carbocycles. The molecule has 0 aliphatic carbocycles. The number of ether oxygens (including phenoxy) is 1. The van der Waals surface area contributed by atoms with Gasteiger partial charge in [0, 0.05) is 50.0 Å². The van der Waals surface area contributed by atoms with Gasteiger partial charge in [0.15, 0.2) is 0 Å². The van der Waals surface area contributed by atoms with Crippen LogP contribution in [0.25, 0.3) is 0 Å². The van der Waals surface area contributed by atoms with Crippen molar-refractivity contribution in [1.29, 1.82) is 0 Å². The zero-order valence-corrected chi connectivity index (χ0v) is 17.2. The molecule has 0 unspecified atom stereocenters. The summed E-state index contributed by atoms with van der Waals surface area (Å²) in [5.74, 6) is -1.40. The van der Waals surface area contributed by atoms with Crippen LogP contribution in [0.5, 0.6) is 0 Å². The molecule has 0 saturated carbocycles. The molecule has 0 radical (unpaired) electrons. The van der Waals surface area contributed by atoms with Crippen LogP contribution in [0.2, 0.25) is 0 Å². The Morgan fingerprint density at radius 3 is 2.59 bits per heavy atom. The average molecular weight is 402 g/mol. The first-order valence-corrected chi connectivity index (χ1v) is 10.3. The van der Waals surface area contributed by atoms with Crippen molar-refractivity contribution in [1.82, 2.24) is 10.2 Å². The second-order valence-electron chi connectivity index (χ2n) is 7.76. The van der Waals surface area contributed by atoms with Gasteiger partial charge in [-0.25, -0.2) is 0 Å². The topological polar surface area (TPSA) is 91.0 Å². The Kier molecular flexibility index (Phi) is 7.22. The van der Waals surface area contributed by atoms with Crippen molar-refractivity contribution in [2.45, 2.75) is 26.7 Å². The third kappa shape index (κ3) is 5.55. The van der Waals surface area contributed by atoms with Gasteiger partial charge in [0.25, 0.3) is 0 Å². The third-order valence-electron chi connectivity index (χ3n) is 5.25. The van der Waals surface area contributed by atoms with Crippen LogP contribution in [0.1, 0.15) is 25.8 Å². The van der Waals surface area contributed by atoms with E-state index in [0.29, 0.717) is 38.5 Å². The number of nitrogens with one attached hydrogen (secondary N) is 2. The van der Waals surface area contributed by atoms with E-state index in [2.05, 4.69) is 15.5 Å². The molecule has 8 heteroatoms. The molecule has 1 aromatic rings. The number of carbonyl (C=O) groups excluding carboxylic acids is 3. The van der Waals surface area contributed by atoms with E-state index in [1.54, 1.807) is 17.0 Å². The van der Waals surface area contributed by atoms with Crippen molar-refractivity contribution in [2.75, 3.05) is 56.2 Å². The Bertz CT molecular complexity index is 759. The van der Waals surface area contributed by atoms with Crippen LogP contribution < -0.4 is 15.5 Å². The summed E-state index contributed by atoms with van der Waals surface area (Å²) in [4.78, 5) is 40.8. The molecular formula is C21H30N4O4. The maximum Gasteiger partial charge on any atom is 0.313 e. The van der Waals surface area contributed by atoms with E-state index in [9.17, 15) is 14.4 Å². The van der Waals surface area contributed by atoms with Crippen LogP contribution in [0.3, 0.4) is 0 Å². The number of fused-ring (bicyclic) bond motifs is 1. The molecule has 2 N–H and O–H groups in total. The van der Waals surface area contributed by atoms with E-state index in [-0.39, 0.29) is 11.8 Å². The monoisotopic (exact) mass is 402 g/mol. The van der Waals surface area contributed by atoms with Crippen molar-refractivity contribution >= 4 is 29.1 Å². The van der Waals surface area contributed by atoms with E-state index in [4.69, 9.17) is 4.74 Å². The van der Waals surface area contributed by atoms with Gasteiger partial charge in [-0.15, -0.1) is 0 Å². The van der Waals surface area contributed by atoms with E-state index >= 15 is 0 Å². The molecule has 29 heavy (non-hydrogen) atoms. The fourth-order valence-electron chi connectivity index (χ4n) is 3.61. The zero-order chi connectivity index (χ0) is 20.8. The number of nitrogens with zero attached hydrogens (tertiary/aromatic N) is 2. The number of amides is 3. The van der Waals surface area contributed by atoms with Crippen molar-refractivity contribution in [3.63, 3.8) is 0 Å². The third-order valence-corrected chi connectivity index (χ3v) is 5.25. The normalized spacial score (nSPS) is 17.0. The Hall–Kier alpha value is -2.45. The fraction of sp³-hybridized carbons (Fsp3) is 0.571. The molecule has 2 heterocycles. The number of carbonyl (C=O) groups is 3. The van der Waals surface area contributed by atoms with Gasteiger partial charge in [-0.2, -0.15) is 0 Å². The molecule has 1 saturated heterocycles. The highest BCUT2D eigenvalue weighted by Crippen LogP contribution is 2.31. The number of morpholine rings is 1. The first kappa shape index (κ1) is 21.3. The first-order chi connectivity index (χ1) is 14.0. The minimum atomic E-state index is -0.704. The lowest BCUT2D eigenvalue weighted by molar-refractivity contribution is -0.136. The summed E-state index contributed by atoms with van der Waals surface area (Å²) in [5.41, 5.74) is 2.42. The predicted molar refractivity (Wildman–Crippen MR) is 111 cm³/mol. The van der Waals surface area contributed by atoms with Gasteiger partial charge in [0.05, 0.1) is 13.2 Å². The van der Waals surface area contributed by atoms with Crippen LogP contribution in [0, 0.1) is 5.92 Å². The molecule has 8 nitrogen and oxygen atoms in total. The SMILES string of the molecule is CC(C)C(=O)N1CCCc2ccc(NC(=O)C(=O)NCCN3CCOCC3)cc21. The highest BCUT2D eigenvalue weighted by atomic mass is 16.5. The van der Waals surface area contributed by atoms with Crippen molar-refractivity contribution in [3.8, 4) is 0 Å². The summed E-state index contributed by atoms with van der Waals surface area (Å²) in [6, 6.07) is 5.48. The largest absolute Gasteiger partial charge is 0.379 e. The van der Waals surface area contributed by atoms with Gasteiger partial charge < -0.3 is 20.3 Å². The minimum Gasteiger partial charge on any atom is -0.379 e. The fourth-order valence-corrected chi connectivity index (χ4v) is 3.61. The lowest BCUT2D eigenvalue weighted by atomic mass is 9.99. The van der Waals surface area contributed by atoms with Gasteiger partial charge in [0.2, 0.25) is 5.91 Å². The minimum absolute atomic E-state index is 0.0651. The number of hydrogen-bond donors (Lipinski definition) is 2. The average Bonchev–Trinajstić information content (AvgIpc) is 2.73. The van der Waals surface area contributed by atoms with Gasteiger partial charge in [0.1, 0.15) is 0 Å². The molecular weight excluding hydrogens is 372 g/mol. The molecule has 1 fully saturated rings. The molecule has 158 valence electrons. The summed E-state index contributed by atoms with van der Waals surface area (Å²) in [6.07, 6.45) is 1.82. The summed E-state index contributed by atoms with van der Waals surface area (Å²) in [6.45, 7) is 8.59. The predicted octanol–water partition coefficient (Wildman–Crippen LogP) is 1.01. The van der Waals surface area contributed by atoms with E-state index in [1.165, 1.54) is 0 Å². The lowest BCUT2D eigenvalue weighted by Gasteiger charge is -2.31. The molecule has 0 atom stereocenters. The smallest absolute Gasteiger partial charge is 0.313 e. The second-order valence-corrected chi connectivity index (χ2v) is 7.76. The van der Waals surface area contributed by atoms with Gasteiger partial charge in [-0.1, -0.05) is 19.9 Å². The van der Waals surface area contributed by atoms with Crippen molar-refractivity contribution < 1.29 is 19.1 Å². The van der Waals surface area contributed by atoms with E-state index < -0.39 is 11.8 Å². The number of hydrogen-bond acceptors (Lipinski definition) is 5. The Labute approximate surface area is 171 Å². The standard InChI is InChI=1S/C21H30N4O4/c1-15(2)21(28)25-8-3-4-16-5-6-17(14-18(16)25)23-20(27)19(26)22-7-9-24-10-12-29-13-11-24/h5-6,14-15H,3-4,7-13H2,1-2H3,(H,22,26)(H,23,27). The number of anilines is 2. The van der Waals surface area contributed by atoms with Crippen LogP contribution in [0.4, 0.5) is 11.4 Å². The first-order valence-electron chi connectivity index (χ1n) is 10.3. The summed E-state index contributed by atoms with van der Waals surface area (Å²) in [7, 11) is 0. The maximum absolute atomic E-state index is 12.5. The van der Waals surface area contributed by atoms with Crippen LogP contribution in [-0.2, 0) is 25.5 Å². The maximum atomic E-state index is 12.5. The lowest BCUT2D eigenvalue weighted by Crippen LogP contribution is -2.43.